The number of aliphatic carboxylic acids is 2. The number of hydrogen-bond acceptors (Lipinski definition) is 3. The second-order valence-electron chi connectivity index (χ2n) is 4.27. The molecule has 0 spiro atoms. The number of rotatable bonds is 7. The molecule has 0 radical (unpaired) electrons. The number of nitrogens with one attached hydrogen (secondary N) is 1. The minimum Gasteiger partial charge on any atom is -0.481 e. The van der Waals surface area contributed by atoms with E-state index in [-0.39, 0.29) is 29.3 Å². The first-order valence-corrected chi connectivity index (χ1v) is 6.81. The van der Waals surface area contributed by atoms with E-state index < -0.39 is 29.7 Å². The van der Waals surface area contributed by atoms with Gasteiger partial charge in [0.1, 0.15) is 11.9 Å². The third-order valence-corrected chi connectivity index (χ3v) is 3.32. The predicted molar refractivity (Wildman–Crippen MR) is 74.5 cm³/mol. The molecule has 3 N–H and O–H groups in total. The van der Waals surface area contributed by atoms with Crippen LogP contribution in [-0.4, -0.2) is 34.1 Å². The third kappa shape index (κ3) is 5.50. The van der Waals surface area contributed by atoms with Gasteiger partial charge in [-0.3, -0.25) is 9.59 Å². The van der Waals surface area contributed by atoms with Gasteiger partial charge in [-0.15, -0.1) is 0 Å². The zero-order valence-corrected chi connectivity index (χ0v) is 12.4. The van der Waals surface area contributed by atoms with Crippen LogP contribution in [0.3, 0.4) is 0 Å². The monoisotopic (exact) mass is 361 g/mol. The molecule has 1 aromatic rings. The Morgan fingerprint density at radius 2 is 1.95 bits per heavy atom. The highest BCUT2D eigenvalue weighted by molar-refractivity contribution is 9.10. The number of carbonyl (C=O) groups excluding carboxylic acids is 1. The number of benzene rings is 1. The van der Waals surface area contributed by atoms with Crippen molar-refractivity contribution in [3.05, 3.63) is 34.1 Å². The first-order valence-electron chi connectivity index (χ1n) is 6.01. The summed E-state index contributed by atoms with van der Waals surface area (Å²) >= 11 is 3.02. The van der Waals surface area contributed by atoms with E-state index in [1.165, 1.54) is 6.07 Å². The fraction of sp³-hybridized carbons (Fsp3) is 0.308. The molecule has 0 aliphatic heterocycles. The van der Waals surface area contributed by atoms with Crippen LogP contribution in [0.1, 0.15) is 29.6 Å². The Morgan fingerprint density at radius 1 is 1.29 bits per heavy atom. The first kappa shape index (κ1) is 17.1. The van der Waals surface area contributed by atoms with E-state index >= 15 is 0 Å². The van der Waals surface area contributed by atoms with Gasteiger partial charge in [-0.25, -0.2) is 9.18 Å². The smallest absolute Gasteiger partial charge is 0.326 e. The summed E-state index contributed by atoms with van der Waals surface area (Å²) in [6.07, 6.45) is -0.0662. The summed E-state index contributed by atoms with van der Waals surface area (Å²) in [6.45, 7) is 0. The lowest BCUT2D eigenvalue weighted by Gasteiger charge is -2.14. The number of amides is 1. The van der Waals surface area contributed by atoms with Gasteiger partial charge < -0.3 is 15.5 Å². The predicted octanol–water partition coefficient (Wildman–Crippen LogP) is 2.03. The molecule has 114 valence electrons. The lowest BCUT2D eigenvalue weighted by atomic mass is 10.1. The van der Waals surface area contributed by atoms with Gasteiger partial charge in [-0.1, -0.05) is 0 Å². The number of carboxylic acids is 2. The summed E-state index contributed by atoms with van der Waals surface area (Å²) in [4.78, 5) is 33.4. The van der Waals surface area contributed by atoms with E-state index in [1.807, 2.05) is 0 Å². The van der Waals surface area contributed by atoms with Crippen molar-refractivity contribution in [3.63, 3.8) is 0 Å². The molecule has 1 aromatic carbocycles. The SMILES string of the molecule is O=C(O)CCC[C@@H](NC(=O)c1ccc(F)cc1Br)C(=O)O. The second-order valence-corrected chi connectivity index (χ2v) is 5.13. The van der Waals surface area contributed by atoms with Crippen molar-refractivity contribution in [2.45, 2.75) is 25.3 Å². The van der Waals surface area contributed by atoms with Crippen molar-refractivity contribution in [3.8, 4) is 0 Å². The molecule has 21 heavy (non-hydrogen) atoms. The van der Waals surface area contributed by atoms with Crippen LogP contribution in [-0.2, 0) is 9.59 Å². The van der Waals surface area contributed by atoms with Gasteiger partial charge in [0, 0.05) is 10.9 Å². The fourth-order valence-electron chi connectivity index (χ4n) is 1.62. The molecule has 1 amide bonds. The van der Waals surface area contributed by atoms with Crippen LogP contribution in [0.25, 0.3) is 0 Å². The van der Waals surface area contributed by atoms with Gasteiger partial charge in [0.15, 0.2) is 0 Å². The minimum absolute atomic E-state index is 0.00775. The Morgan fingerprint density at radius 3 is 2.48 bits per heavy atom. The largest absolute Gasteiger partial charge is 0.481 e. The molecule has 0 saturated carbocycles. The normalized spacial score (nSPS) is 11.7. The summed E-state index contributed by atoms with van der Waals surface area (Å²) in [5, 5.41) is 19.8. The lowest BCUT2D eigenvalue weighted by molar-refractivity contribution is -0.140. The Bertz CT molecular complexity index is 563. The Labute approximate surface area is 128 Å². The minimum atomic E-state index is -1.26. The van der Waals surface area contributed by atoms with Crippen LogP contribution in [0.2, 0.25) is 0 Å². The Balaban J connectivity index is 2.72. The van der Waals surface area contributed by atoms with E-state index in [9.17, 15) is 18.8 Å². The topological polar surface area (TPSA) is 104 Å². The van der Waals surface area contributed by atoms with Crippen molar-refractivity contribution in [1.29, 1.82) is 0 Å². The third-order valence-electron chi connectivity index (χ3n) is 2.66. The Hall–Kier alpha value is -1.96. The van der Waals surface area contributed by atoms with Crippen LogP contribution in [0.5, 0.6) is 0 Å². The molecule has 1 rings (SSSR count). The van der Waals surface area contributed by atoms with E-state index in [2.05, 4.69) is 21.2 Å². The van der Waals surface area contributed by atoms with E-state index in [0.717, 1.165) is 12.1 Å². The molecule has 6 nitrogen and oxygen atoms in total. The van der Waals surface area contributed by atoms with Gasteiger partial charge in [0.25, 0.3) is 5.91 Å². The zero-order valence-electron chi connectivity index (χ0n) is 10.8. The van der Waals surface area contributed by atoms with Crippen LogP contribution in [0, 0.1) is 5.82 Å². The highest BCUT2D eigenvalue weighted by Gasteiger charge is 2.21. The molecule has 1 atom stereocenters. The Kier molecular flexibility index (Phi) is 6.29. The van der Waals surface area contributed by atoms with E-state index in [1.54, 1.807) is 0 Å². The zero-order chi connectivity index (χ0) is 16.0. The van der Waals surface area contributed by atoms with Crippen LogP contribution in [0.15, 0.2) is 22.7 Å². The summed E-state index contributed by atoms with van der Waals surface area (Å²) in [7, 11) is 0. The molecule has 0 aliphatic rings. The van der Waals surface area contributed by atoms with Crippen molar-refractivity contribution in [2.24, 2.45) is 0 Å². The van der Waals surface area contributed by atoms with Crippen LogP contribution >= 0.6 is 15.9 Å². The number of halogens is 2. The van der Waals surface area contributed by atoms with Crippen molar-refractivity contribution in [2.75, 3.05) is 0 Å². The first-order chi connectivity index (χ1) is 9.81. The molecular formula is C13H13BrFNO5. The standard InChI is InChI=1S/C13H13BrFNO5/c14-9-6-7(15)4-5-8(9)12(19)16-10(13(20)21)2-1-3-11(17)18/h4-6,10H,1-3H2,(H,16,19)(H,17,18)(H,20,21)/t10-/m1/s1. The van der Waals surface area contributed by atoms with Crippen LogP contribution in [0.4, 0.5) is 4.39 Å². The number of hydrogen-bond donors (Lipinski definition) is 3. The highest BCUT2D eigenvalue weighted by Crippen LogP contribution is 2.18. The molecule has 0 bridgehead atoms. The molecule has 0 fully saturated rings. The van der Waals surface area contributed by atoms with Crippen molar-refractivity contribution < 1.29 is 29.0 Å². The van der Waals surface area contributed by atoms with Gasteiger partial charge in [0.05, 0.1) is 5.56 Å². The summed E-state index contributed by atoms with van der Waals surface area (Å²) in [6, 6.07) is 2.20. The van der Waals surface area contributed by atoms with Crippen LogP contribution < -0.4 is 5.32 Å². The highest BCUT2D eigenvalue weighted by atomic mass is 79.9. The van der Waals surface area contributed by atoms with Crippen molar-refractivity contribution >= 4 is 33.8 Å². The molecule has 0 unspecified atom stereocenters. The fourth-order valence-corrected chi connectivity index (χ4v) is 2.16. The van der Waals surface area contributed by atoms with Crippen molar-refractivity contribution in [1.82, 2.24) is 5.32 Å². The quantitative estimate of drug-likeness (QED) is 0.689. The maximum absolute atomic E-state index is 12.9. The summed E-state index contributed by atoms with van der Waals surface area (Å²) < 4.78 is 13.1. The average Bonchev–Trinajstić information content (AvgIpc) is 2.36. The summed E-state index contributed by atoms with van der Waals surface area (Å²) in [5.74, 6) is -3.50. The second kappa shape index (κ2) is 7.72. The maximum Gasteiger partial charge on any atom is 0.326 e. The van der Waals surface area contributed by atoms with Gasteiger partial charge in [-0.05, 0) is 47.0 Å². The van der Waals surface area contributed by atoms with Gasteiger partial charge >= 0.3 is 11.9 Å². The molecule has 0 saturated heterocycles. The van der Waals surface area contributed by atoms with E-state index in [0.29, 0.717) is 0 Å². The number of carbonyl (C=O) groups is 3. The molecular weight excluding hydrogens is 349 g/mol. The van der Waals surface area contributed by atoms with Gasteiger partial charge in [0.2, 0.25) is 0 Å². The lowest BCUT2D eigenvalue weighted by Crippen LogP contribution is -2.41. The number of carboxylic acid groups (broad SMARTS) is 2. The molecule has 0 aromatic heterocycles. The average molecular weight is 362 g/mol. The molecule has 8 heteroatoms. The molecule has 0 aliphatic carbocycles. The van der Waals surface area contributed by atoms with Gasteiger partial charge in [-0.2, -0.15) is 0 Å². The maximum atomic E-state index is 12.9. The molecule has 0 heterocycles. The van der Waals surface area contributed by atoms with E-state index in [4.69, 9.17) is 10.2 Å². The summed E-state index contributed by atoms with van der Waals surface area (Å²) in [5.41, 5.74) is 0.0980.